The molecular formula is C26H25ClN6O. The van der Waals surface area contributed by atoms with Crippen LogP contribution in [0.15, 0.2) is 61.1 Å². The smallest absolute Gasteiger partial charge is 0.224 e. The van der Waals surface area contributed by atoms with E-state index >= 15 is 0 Å². The number of pyridine rings is 1. The highest BCUT2D eigenvalue weighted by Gasteiger charge is 2.28. The van der Waals surface area contributed by atoms with Crippen LogP contribution < -0.4 is 10.2 Å². The van der Waals surface area contributed by atoms with Gasteiger partial charge in [-0.05, 0) is 67.3 Å². The van der Waals surface area contributed by atoms with Crippen molar-refractivity contribution in [2.75, 3.05) is 24.5 Å². The van der Waals surface area contributed by atoms with Crippen LogP contribution in [0.2, 0.25) is 5.02 Å². The molecule has 1 fully saturated rings. The number of rotatable bonds is 5. The quantitative estimate of drug-likeness (QED) is 0.392. The van der Waals surface area contributed by atoms with Crippen LogP contribution in [0, 0.1) is 5.92 Å². The van der Waals surface area contributed by atoms with E-state index in [1.165, 1.54) is 0 Å². The molecule has 0 spiro atoms. The fourth-order valence-corrected chi connectivity index (χ4v) is 5.20. The molecule has 1 aliphatic rings. The molecule has 6 rings (SSSR count). The zero-order chi connectivity index (χ0) is 23.1. The fraction of sp³-hybridized carbons (Fsp3) is 0.269. The minimum atomic E-state index is -0.0672. The van der Waals surface area contributed by atoms with E-state index in [1.807, 2.05) is 48.8 Å². The molecule has 1 aromatic carbocycles. The largest absolute Gasteiger partial charge is 0.361 e. The highest BCUT2D eigenvalue weighted by Crippen LogP contribution is 2.28. The van der Waals surface area contributed by atoms with Crippen LogP contribution in [0.4, 0.5) is 5.82 Å². The van der Waals surface area contributed by atoms with Gasteiger partial charge in [0.15, 0.2) is 11.5 Å². The summed E-state index contributed by atoms with van der Waals surface area (Å²) < 4.78 is 2.13. The molecule has 172 valence electrons. The summed E-state index contributed by atoms with van der Waals surface area (Å²) in [6, 6.07) is 13.9. The van der Waals surface area contributed by atoms with E-state index < -0.39 is 0 Å². The Balaban J connectivity index is 1.16. The molecule has 7 nitrogen and oxygen atoms in total. The molecule has 5 heterocycles. The summed E-state index contributed by atoms with van der Waals surface area (Å²) in [5.41, 5.74) is 4.96. The van der Waals surface area contributed by atoms with E-state index in [1.54, 1.807) is 6.20 Å². The van der Waals surface area contributed by atoms with Crippen molar-refractivity contribution in [3.8, 4) is 0 Å². The summed E-state index contributed by atoms with van der Waals surface area (Å²) in [5.74, 6) is 0.930. The van der Waals surface area contributed by atoms with E-state index in [4.69, 9.17) is 16.6 Å². The summed E-state index contributed by atoms with van der Waals surface area (Å²) in [7, 11) is 0. The first kappa shape index (κ1) is 21.0. The summed E-state index contributed by atoms with van der Waals surface area (Å²) in [4.78, 5) is 27.9. The standard InChI is InChI=1S/C26H25ClN6O/c27-19-7-8-21-20(14-19)17(15-30-21)9-11-29-26(34)18-4-2-12-32(16-18)25-23-6-3-13-33(23)22-5-1-10-28-24(22)31-25/h1,3,5-8,10,13-15,18,30H,2,4,9,11-12,16H2,(H,29,34)/t18-/m0/s1. The lowest BCUT2D eigenvalue weighted by atomic mass is 9.97. The first-order valence-electron chi connectivity index (χ1n) is 11.7. The third kappa shape index (κ3) is 3.76. The van der Waals surface area contributed by atoms with Crippen molar-refractivity contribution >= 4 is 50.9 Å². The first-order valence-corrected chi connectivity index (χ1v) is 12.0. The Kier molecular flexibility index (Phi) is 5.34. The maximum absolute atomic E-state index is 13.0. The molecule has 0 radical (unpaired) electrons. The van der Waals surface area contributed by atoms with Gasteiger partial charge in [-0.25, -0.2) is 9.97 Å². The van der Waals surface area contributed by atoms with Crippen LogP contribution in [-0.2, 0) is 11.2 Å². The topological polar surface area (TPSA) is 78.3 Å². The maximum atomic E-state index is 13.0. The fourth-order valence-electron chi connectivity index (χ4n) is 5.03. The maximum Gasteiger partial charge on any atom is 0.224 e. The molecular weight excluding hydrogens is 448 g/mol. The summed E-state index contributed by atoms with van der Waals surface area (Å²) >= 11 is 6.16. The predicted octanol–water partition coefficient (Wildman–Crippen LogP) is 4.59. The number of halogens is 1. The molecule has 0 bridgehead atoms. The van der Waals surface area contributed by atoms with Crippen LogP contribution in [-0.4, -0.2) is 44.9 Å². The number of amides is 1. The second-order valence-electron chi connectivity index (χ2n) is 8.87. The number of aromatic amines is 1. The molecule has 1 saturated heterocycles. The number of hydrogen-bond donors (Lipinski definition) is 2. The third-order valence-electron chi connectivity index (χ3n) is 6.73. The number of aromatic nitrogens is 4. The lowest BCUT2D eigenvalue weighted by molar-refractivity contribution is -0.125. The number of benzene rings is 1. The molecule has 34 heavy (non-hydrogen) atoms. The minimum Gasteiger partial charge on any atom is -0.361 e. The normalized spacial score (nSPS) is 16.5. The van der Waals surface area contributed by atoms with Crippen molar-refractivity contribution in [1.29, 1.82) is 0 Å². The van der Waals surface area contributed by atoms with Crippen LogP contribution in [0.1, 0.15) is 18.4 Å². The SMILES string of the molecule is O=C(NCCc1c[nH]c2ccc(Cl)cc12)[C@H]1CCCN(c2nc3ncccc3n3cccc23)C1. The molecule has 4 aromatic heterocycles. The van der Waals surface area contributed by atoms with Crippen molar-refractivity contribution in [2.45, 2.75) is 19.3 Å². The average Bonchev–Trinajstić information content (AvgIpc) is 3.51. The van der Waals surface area contributed by atoms with Gasteiger partial charge in [-0.2, -0.15) is 0 Å². The Morgan fingerprint density at radius 2 is 2.12 bits per heavy atom. The number of anilines is 1. The van der Waals surface area contributed by atoms with Crippen molar-refractivity contribution < 1.29 is 4.79 Å². The Morgan fingerprint density at radius 3 is 3.06 bits per heavy atom. The molecule has 0 unspecified atom stereocenters. The number of piperidine rings is 1. The second kappa shape index (κ2) is 8.65. The van der Waals surface area contributed by atoms with E-state index in [-0.39, 0.29) is 11.8 Å². The lowest BCUT2D eigenvalue weighted by Crippen LogP contribution is -2.44. The summed E-state index contributed by atoms with van der Waals surface area (Å²) in [6.45, 7) is 2.13. The highest BCUT2D eigenvalue weighted by molar-refractivity contribution is 6.31. The van der Waals surface area contributed by atoms with Gasteiger partial charge in [-0.1, -0.05) is 11.6 Å². The van der Waals surface area contributed by atoms with Gasteiger partial charge in [0.05, 0.1) is 17.0 Å². The lowest BCUT2D eigenvalue weighted by Gasteiger charge is -2.33. The van der Waals surface area contributed by atoms with Crippen LogP contribution in [0.5, 0.6) is 0 Å². The van der Waals surface area contributed by atoms with Crippen molar-refractivity contribution in [3.05, 3.63) is 71.6 Å². The van der Waals surface area contributed by atoms with Gasteiger partial charge in [0, 0.05) is 54.2 Å². The van der Waals surface area contributed by atoms with E-state index in [2.05, 4.69) is 30.7 Å². The Labute approximate surface area is 201 Å². The van der Waals surface area contributed by atoms with Crippen molar-refractivity contribution in [2.24, 2.45) is 5.92 Å². The zero-order valence-electron chi connectivity index (χ0n) is 18.7. The van der Waals surface area contributed by atoms with Gasteiger partial charge in [0.25, 0.3) is 0 Å². The molecule has 8 heteroatoms. The van der Waals surface area contributed by atoms with E-state index in [0.717, 1.165) is 59.1 Å². The third-order valence-corrected chi connectivity index (χ3v) is 6.97. The first-order chi connectivity index (χ1) is 16.7. The second-order valence-corrected chi connectivity index (χ2v) is 9.31. The van der Waals surface area contributed by atoms with Gasteiger partial charge >= 0.3 is 0 Å². The van der Waals surface area contributed by atoms with Gasteiger partial charge in [-0.3, -0.25) is 4.79 Å². The van der Waals surface area contributed by atoms with Gasteiger partial charge in [-0.15, -0.1) is 0 Å². The molecule has 5 aromatic rings. The number of hydrogen-bond acceptors (Lipinski definition) is 4. The van der Waals surface area contributed by atoms with Crippen LogP contribution in [0.25, 0.3) is 27.6 Å². The molecule has 1 aliphatic heterocycles. The molecule has 2 N–H and O–H groups in total. The summed E-state index contributed by atoms with van der Waals surface area (Å²) in [5, 5.41) is 4.98. The molecule has 1 amide bonds. The van der Waals surface area contributed by atoms with E-state index in [9.17, 15) is 4.79 Å². The van der Waals surface area contributed by atoms with Crippen LogP contribution >= 0.6 is 11.6 Å². The number of carbonyl (C=O) groups excluding carboxylic acids is 1. The number of H-pyrrole nitrogens is 1. The van der Waals surface area contributed by atoms with Gasteiger partial charge in [0.1, 0.15) is 0 Å². The number of fused-ring (bicyclic) bond motifs is 4. The Hall–Kier alpha value is -3.58. The Bertz CT molecular complexity index is 1510. The predicted molar refractivity (Wildman–Crippen MR) is 135 cm³/mol. The zero-order valence-corrected chi connectivity index (χ0v) is 19.4. The number of carbonyl (C=O) groups is 1. The van der Waals surface area contributed by atoms with Crippen molar-refractivity contribution in [1.82, 2.24) is 24.7 Å². The van der Waals surface area contributed by atoms with Crippen LogP contribution in [0.3, 0.4) is 0 Å². The van der Waals surface area contributed by atoms with Gasteiger partial charge in [0.2, 0.25) is 5.91 Å². The molecule has 0 aliphatic carbocycles. The minimum absolute atomic E-state index is 0.0672. The van der Waals surface area contributed by atoms with Crippen molar-refractivity contribution in [3.63, 3.8) is 0 Å². The summed E-state index contributed by atoms with van der Waals surface area (Å²) in [6.07, 6.45) is 8.39. The monoisotopic (exact) mass is 472 g/mol. The Morgan fingerprint density at radius 1 is 1.21 bits per heavy atom. The van der Waals surface area contributed by atoms with E-state index in [0.29, 0.717) is 23.8 Å². The molecule has 1 atom stereocenters. The average molecular weight is 473 g/mol. The number of nitrogens with zero attached hydrogens (tertiary/aromatic N) is 4. The number of nitrogens with one attached hydrogen (secondary N) is 2. The molecule has 0 saturated carbocycles. The highest BCUT2D eigenvalue weighted by atomic mass is 35.5. The van der Waals surface area contributed by atoms with Gasteiger partial charge < -0.3 is 19.6 Å².